The molecule has 1 aromatic rings. The van der Waals surface area contributed by atoms with Crippen molar-refractivity contribution in [2.45, 2.75) is 194 Å². The lowest BCUT2D eigenvalue weighted by Gasteiger charge is -2.46. The van der Waals surface area contributed by atoms with Gasteiger partial charge in [0.05, 0.1) is 20.6 Å². The Balaban J connectivity index is 2.26. The van der Waals surface area contributed by atoms with E-state index in [0.29, 0.717) is 0 Å². The van der Waals surface area contributed by atoms with E-state index in [4.69, 9.17) is 0 Å². The number of hydrogen-bond acceptors (Lipinski definition) is 0. The molecule has 1 heteroatoms. The minimum absolute atomic E-state index is 0.144. The van der Waals surface area contributed by atoms with Gasteiger partial charge in [0.2, 0.25) is 0 Å². The number of unbranched alkanes of at least 4 members (excludes halogenated alkanes) is 22. The zero-order chi connectivity index (χ0) is 29.4. The molecule has 0 saturated heterocycles. The molecule has 0 fully saturated rings. The third kappa shape index (κ3) is 16.6. The number of rotatable bonds is 28. The molecule has 1 rings (SSSR count). The van der Waals surface area contributed by atoms with Crippen molar-refractivity contribution in [1.29, 1.82) is 0 Å². The summed E-state index contributed by atoms with van der Waals surface area (Å²) in [5.74, 6) is 0. The lowest BCUT2D eigenvalue weighted by Crippen LogP contribution is -2.54. The van der Waals surface area contributed by atoms with Crippen LogP contribution in [0.5, 0.6) is 0 Å². The van der Waals surface area contributed by atoms with Gasteiger partial charge in [0.1, 0.15) is 5.54 Å². The minimum Gasteiger partial charge on any atom is -0.320 e. The van der Waals surface area contributed by atoms with Crippen LogP contribution in [0.1, 0.15) is 193 Å². The third-order valence-electron chi connectivity index (χ3n) is 10.1. The van der Waals surface area contributed by atoms with Crippen LogP contribution in [0.4, 0.5) is 0 Å². The maximum atomic E-state index is 2.49. The monoisotopic (exact) mass is 557 g/mol. The van der Waals surface area contributed by atoms with Gasteiger partial charge in [-0.15, -0.1) is 0 Å². The summed E-state index contributed by atoms with van der Waals surface area (Å²) in [5.41, 5.74) is 3.33. The Morgan fingerprint density at radius 2 is 0.825 bits per heavy atom. The zero-order valence-corrected chi connectivity index (χ0v) is 28.6. The van der Waals surface area contributed by atoms with E-state index in [1.807, 2.05) is 0 Å². The van der Waals surface area contributed by atoms with Crippen molar-refractivity contribution >= 4 is 0 Å². The lowest BCUT2D eigenvalue weighted by molar-refractivity contribution is -0.945. The van der Waals surface area contributed by atoms with Crippen LogP contribution in [0.15, 0.2) is 24.3 Å². The second-order valence-corrected chi connectivity index (χ2v) is 14.2. The Kier molecular flexibility index (Phi) is 22.1. The van der Waals surface area contributed by atoms with Crippen LogP contribution >= 0.6 is 0 Å². The molecule has 0 aliphatic carbocycles. The molecule has 0 aliphatic heterocycles. The first-order valence-electron chi connectivity index (χ1n) is 18.3. The van der Waals surface area contributed by atoms with E-state index >= 15 is 0 Å². The topological polar surface area (TPSA) is 0 Å². The summed E-state index contributed by atoms with van der Waals surface area (Å²) in [6.07, 6.45) is 35.5. The minimum atomic E-state index is 0.144. The fourth-order valence-electron chi connectivity index (χ4n) is 6.45. The predicted octanol–water partition coefficient (Wildman–Crippen LogP) is 12.9. The van der Waals surface area contributed by atoms with E-state index in [0.717, 1.165) is 4.48 Å². The summed E-state index contributed by atoms with van der Waals surface area (Å²) in [7, 11) is 4.94. The Labute approximate surface area is 253 Å². The molecule has 0 bridgehead atoms. The van der Waals surface area contributed by atoms with Crippen molar-refractivity contribution in [2.24, 2.45) is 0 Å². The van der Waals surface area contributed by atoms with Crippen LogP contribution in [0.2, 0.25) is 0 Å². The van der Waals surface area contributed by atoms with E-state index in [9.17, 15) is 0 Å². The van der Waals surface area contributed by atoms with Crippen molar-refractivity contribution < 1.29 is 4.48 Å². The molecule has 40 heavy (non-hydrogen) atoms. The van der Waals surface area contributed by atoms with Crippen molar-refractivity contribution in [3.8, 4) is 0 Å². The fraction of sp³-hybridized carbons (Fsp3) is 0.846. The van der Waals surface area contributed by atoms with E-state index in [-0.39, 0.29) is 5.54 Å². The maximum absolute atomic E-state index is 2.49. The first-order valence-corrected chi connectivity index (χ1v) is 18.3. The molecular weight excluding hydrogens is 482 g/mol. The third-order valence-corrected chi connectivity index (χ3v) is 10.1. The molecule has 0 saturated carbocycles. The summed E-state index contributed by atoms with van der Waals surface area (Å²) in [4.78, 5) is 0. The van der Waals surface area contributed by atoms with Gasteiger partial charge < -0.3 is 4.48 Å². The molecule has 0 aliphatic rings. The quantitative estimate of drug-likeness (QED) is 0.0711. The van der Waals surface area contributed by atoms with Gasteiger partial charge in [0, 0.05) is 5.56 Å². The maximum Gasteiger partial charge on any atom is 0.119 e. The molecule has 0 radical (unpaired) electrons. The van der Waals surface area contributed by atoms with E-state index in [1.165, 1.54) is 167 Å². The normalized spacial score (nSPS) is 12.3. The van der Waals surface area contributed by atoms with Crippen molar-refractivity contribution in [1.82, 2.24) is 0 Å². The summed E-state index contributed by atoms with van der Waals surface area (Å²) >= 11 is 0. The standard InChI is InChI=1S/C39H74N/c1-7-9-11-13-15-17-19-20-21-22-24-26-28-32-36-40(5,6)39(3,4)38-35-31-30-34-37(38)33-29-27-25-23-18-16-14-12-10-8-2/h30-31,34-35H,7-29,32-33,36H2,1-6H3/q+1. The van der Waals surface area contributed by atoms with Gasteiger partial charge in [-0.2, -0.15) is 0 Å². The van der Waals surface area contributed by atoms with Crippen molar-refractivity contribution in [3.63, 3.8) is 0 Å². The Morgan fingerprint density at radius 1 is 0.475 bits per heavy atom. The second-order valence-electron chi connectivity index (χ2n) is 14.2. The van der Waals surface area contributed by atoms with Crippen LogP contribution < -0.4 is 0 Å². The number of hydrogen-bond donors (Lipinski definition) is 0. The second kappa shape index (κ2) is 23.7. The van der Waals surface area contributed by atoms with Crippen LogP contribution in [0.3, 0.4) is 0 Å². The Morgan fingerprint density at radius 3 is 1.25 bits per heavy atom. The first kappa shape index (κ1) is 37.2. The van der Waals surface area contributed by atoms with Gasteiger partial charge in [-0.3, -0.25) is 0 Å². The summed E-state index contributed by atoms with van der Waals surface area (Å²) in [6.45, 7) is 10.9. The summed E-state index contributed by atoms with van der Waals surface area (Å²) < 4.78 is 1.08. The average molecular weight is 557 g/mol. The summed E-state index contributed by atoms with van der Waals surface area (Å²) in [5, 5.41) is 0. The zero-order valence-electron chi connectivity index (χ0n) is 28.6. The highest BCUT2D eigenvalue weighted by Crippen LogP contribution is 2.35. The number of nitrogens with zero attached hydrogens (tertiary/aromatic N) is 1. The number of benzene rings is 1. The largest absolute Gasteiger partial charge is 0.320 e. The first-order chi connectivity index (χ1) is 19.4. The van der Waals surface area contributed by atoms with Gasteiger partial charge >= 0.3 is 0 Å². The van der Waals surface area contributed by atoms with Crippen LogP contribution in [0, 0.1) is 0 Å². The number of quaternary nitrogens is 1. The molecule has 0 aromatic heterocycles. The van der Waals surface area contributed by atoms with Crippen LogP contribution in [-0.4, -0.2) is 25.1 Å². The smallest absolute Gasteiger partial charge is 0.119 e. The van der Waals surface area contributed by atoms with Crippen LogP contribution in [-0.2, 0) is 12.0 Å². The molecule has 0 N–H and O–H groups in total. The van der Waals surface area contributed by atoms with E-state index in [1.54, 1.807) is 11.1 Å². The molecule has 0 spiro atoms. The SMILES string of the molecule is CCCCCCCCCCCCCCCC[N+](C)(C)C(C)(C)c1ccccc1CCCCCCCCCCCC. The van der Waals surface area contributed by atoms with Gasteiger partial charge in [0.25, 0.3) is 0 Å². The fourth-order valence-corrected chi connectivity index (χ4v) is 6.45. The highest BCUT2D eigenvalue weighted by molar-refractivity contribution is 5.31. The highest BCUT2D eigenvalue weighted by atomic mass is 15.4. The molecule has 0 atom stereocenters. The molecular formula is C39H74N+. The van der Waals surface area contributed by atoms with Gasteiger partial charge in [-0.25, -0.2) is 0 Å². The molecule has 1 aromatic carbocycles. The average Bonchev–Trinajstić information content (AvgIpc) is 2.94. The van der Waals surface area contributed by atoms with Gasteiger partial charge in [-0.05, 0) is 45.1 Å². The molecule has 0 unspecified atom stereocenters. The van der Waals surface area contributed by atoms with E-state index < -0.39 is 0 Å². The van der Waals surface area contributed by atoms with Gasteiger partial charge in [0.15, 0.2) is 0 Å². The highest BCUT2D eigenvalue weighted by Gasteiger charge is 2.39. The van der Waals surface area contributed by atoms with E-state index in [2.05, 4.69) is 66.1 Å². The van der Waals surface area contributed by atoms with Crippen molar-refractivity contribution in [2.75, 3.05) is 20.6 Å². The molecule has 0 amide bonds. The van der Waals surface area contributed by atoms with Gasteiger partial charge in [-0.1, -0.05) is 173 Å². The Hall–Kier alpha value is -0.820. The molecule has 234 valence electrons. The Bertz CT molecular complexity index is 688. The molecule has 1 nitrogen and oxygen atoms in total. The predicted molar refractivity (Wildman–Crippen MR) is 182 cm³/mol. The van der Waals surface area contributed by atoms with Crippen molar-refractivity contribution in [3.05, 3.63) is 35.4 Å². The lowest BCUT2D eigenvalue weighted by atomic mass is 9.84. The number of aryl methyl sites for hydroxylation is 1. The summed E-state index contributed by atoms with van der Waals surface area (Å²) in [6, 6.07) is 9.37. The molecule has 0 heterocycles. The van der Waals surface area contributed by atoms with Crippen LogP contribution in [0.25, 0.3) is 0 Å².